The summed E-state index contributed by atoms with van der Waals surface area (Å²) >= 11 is 0. The van der Waals surface area contributed by atoms with Crippen LogP contribution in [0.25, 0.3) is 0 Å². The fourth-order valence-corrected chi connectivity index (χ4v) is 12.6. The van der Waals surface area contributed by atoms with Crippen molar-refractivity contribution in [1.29, 1.82) is 0 Å². The largest absolute Gasteiger partial charge is 0.494 e. The molecule has 0 aromatic heterocycles. The van der Waals surface area contributed by atoms with E-state index in [9.17, 15) is 66.7 Å². The van der Waals surface area contributed by atoms with Crippen molar-refractivity contribution >= 4 is 82.9 Å². The average molecular weight is 1460 g/mol. The summed E-state index contributed by atoms with van der Waals surface area (Å²) in [6.07, 6.45) is -0.200. The third kappa shape index (κ3) is 26.8. The number of primary amides is 1. The van der Waals surface area contributed by atoms with Gasteiger partial charge in [-0.05, 0) is 99.3 Å². The molecule has 31 nitrogen and oxygen atoms in total. The molecule has 578 valence electrons. The van der Waals surface area contributed by atoms with Gasteiger partial charge in [-0.2, -0.15) is 0 Å². The molecule has 1 fully saturated rings. The normalized spacial score (nSPS) is 16.8. The maximum Gasteiger partial charge on any atom is 0.407 e. The van der Waals surface area contributed by atoms with Crippen LogP contribution in [0.15, 0.2) is 54.6 Å². The third-order valence-electron chi connectivity index (χ3n) is 18.4. The van der Waals surface area contributed by atoms with Crippen LogP contribution < -0.4 is 53.0 Å². The van der Waals surface area contributed by atoms with E-state index >= 15 is 0 Å². The topological polar surface area (TPSA) is 403 Å². The lowest BCUT2D eigenvalue weighted by Gasteiger charge is -2.41. The number of alkyl carbamates (subject to hydrolysis) is 2. The van der Waals surface area contributed by atoms with Crippen molar-refractivity contribution in [1.82, 2.24) is 56.8 Å². The number of nitrogens with zero attached hydrogens (tertiary/aromatic N) is 4. The zero-order valence-corrected chi connectivity index (χ0v) is 62.7. The first-order chi connectivity index (χ1) is 49.2. The maximum absolute atomic E-state index is 15.0. The Kier molecular flexibility index (Phi) is 36.1. The highest BCUT2D eigenvalue weighted by atomic mass is 19.1. The molecule has 2 aromatic carbocycles. The lowest BCUT2D eigenvalue weighted by Crippen LogP contribution is -2.59. The van der Waals surface area contributed by atoms with Gasteiger partial charge in [0.2, 0.25) is 41.4 Å². The molecule has 3 unspecified atom stereocenters. The van der Waals surface area contributed by atoms with Crippen LogP contribution >= 0.6 is 0 Å². The van der Waals surface area contributed by atoms with Crippen LogP contribution in [0, 0.1) is 35.4 Å². The number of amides is 13. The van der Waals surface area contributed by atoms with Crippen LogP contribution in [0.1, 0.15) is 136 Å². The smallest absolute Gasteiger partial charge is 0.407 e. The highest BCUT2D eigenvalue weighted by Crippen LogP contribution is 2.32. The van der Waals surface area contributed by atoms with E-state index in [0.29, 0.717) is 36.9 Å². The number of carbonyl (C=O) groups excluding carboxylic acids is 13. The number of imide groups is 1. The zero-order chi connectivity index (χ0) is 77.7. The number of halogens is 1. The van der Waals surface area contributed by atoms with Crippen molar-refractivity contribution in [2.45, 2.75) is 181 Å². The van der Waals surface area contributed by atoms with Gasteiger partial charge in [-0.25, -0.2) is 18.8 Å². The zero-order valence-electron chi connectivity index (χ0n) is 62.7. The molecule has 104 heavy (non-hydrogen) atoms. The number of urea groups is 1. The van der Waals surface area contributed by atoms with Gasteiger partial charge in [0.15, 0.2) is 17.3 Å². The molecular weight excluding hydrogens is 1350 g/mol. The molecule has 0 spiro atoms. The number of ether oxygens (including phenoxy) is 5. The number of anilines is 1. The maximum atomic E-state index is 15.0. The number of rotatable bonds is 43. The quantitative estimate of drug-likeness (QED) is 0.0258. The van der Waals surface area contributed by atoms with Gasteiger partial charge >= 0.3 is 18.2 Å². The number of Topliss-reactive ketones (excluding diaryl/α,β-unsaturated/α-hetero) is 1. The predicted molar refractivity (Wildman–Crippen MR) is 382 cm³/mol. The van der Waals surface area contributed by atoms with Gasteiger partial charge in [-0.15, -0.1) is 0 Å². The van der Waals surface area contributed by atoms with Crippen molar-refractivity contribution in [2.24, 2.45) is 35.3 Å². The third-order valence-corrected chi connectivity index (χ3v) is 18.4. The van der Waals surface area contributed by atoms with E-state index in [1.807, 2.05) is 41.5 Å². The first-order valence-corrected chi connectivity index (χ1v) is 35.3. The highest BCUT2D eigenvalue weighted by molar-refractivity contribution is 6.13. The monoisotopic (exact) mass is 1460 g/mol. The Morgan fingerprint density at radius 2 is 1.34 bits per heavy atom. The number of nitrogens with two attached hydrogens (primary N) is 1. The average Bonchev–Trinajstić information content (AvgIpc) is 1.58. The second kappa shape index (κ2) is 43.1. The molecule has 4 rings (SSSR count). The molecule has 2 aliphatic heterocycles. The van der Waals surface area contributed by atoms with Gasteiger partial charge in [-0.1, -0.05) is 87.3 Å². The molecule has 32 heteroatoms. The van der Waals surface area contributed by atoms with E-state index in [4.69, 9.17) is 29.4 Å². The van der Waals surface area contributed by atoms with E-state index in [1.165, 1.54) is 55.4 Å². The van der Waals surface area contributed by atoms with E-state index < -0.39 is 126 Å². The van der Waals surface area contributed by atoms with Crippen molar-refractivity contribution in [3.63, 3.8) is 0 Å². The van der Waals surface area contributed by atoms with Crippen LogP contribution in [0.5, 0.6) is 5.75 Å². The van der Waals surface area contributed by atoms with Gasteiger partial charge in [0.1, 0.15) is 30.8 Å². The lowest BCUT2D eigenvalue weighted by atomic mass is 9.89. The summed E-state index contributed by atoms with van der Waals surface area (Å²) in [4.78, 5) is 178. The number of nitrogens with one attached hydrogen (secondary N) is 8. The first-order valence-electron chi connectivity index (χ1n) is 35.3. The van der Waals surface area contributed by atoms with Gasteiger partial charge in [-0.3, -0.25) is 57.7 Å². The van der Waals surface area contributed by atoms with Crippen LogP contribution in [0.4, 0.5) is 24.5 Å². The predicted octanol–water partition coefficient (Wildman–Crippen LogP) is 3.91. The number of benzene rings is 2. The van der Waals surface area contributed by atoms with Crippen LogP contribution in [0.2, 0.25) is 0 Å². The Morgan fingerprint density at radius 3 is 1.90 bits per heavy atom. The Bertz CT molecular complexity index is 3270. The molecule has 2 heterocycles. The van der Waals surface area contributed by atoms with Gasteiger partial charge in [0.25, 0.3) is 11.8 Å². The standard InChI is InChI=1S/C72H110FN13O18/c1-16-44(8)63(84(12)69(96)61(42(4)5)82-68(95)62(43(6)7)83(10)11)55(101-14)37-59(91)86-39-49(36-52(86)64(102-15)45(9)65(92)78-38-53(87)47-25-28-54(100-13)50(73)35-47)104-72(99)77-33-32-76-71(98)103-40-46-23-26-48(27-24-46)79-66(93)51(21-20-31-75-70(74)97)80-67(94)60(41(2)3)81-56(88)22-18-17-19-34-85-57(89)29-30-58(85)90/h23-30,35,41-45,49,51-52,55,60-64H,16-22,31-34,36-40H2,1-15H3,(H,76,98)(H,77,99)(H,78,92)(H,79,93)(H,80,94)(H,81,88)(H,82,95)(H3,74,75,97)/t44-,45+,49-,51?,52-,55+,60-,61?,62-,63?,64+/m0/s1. The molecule has 0 radical (unpaired) electrons. The molecule has 13 amide bonds. The van der Waals surface area contributed by atoms with Crippen LogP contribution in [-0.2, 0) is 68.7 Å². The molecule has 0 saturated carbocycles. The molecule has 0 aliphatic carbocycles. The Balaban J connectivity index is 1.40. The van der Waals surface area contributed by atoms with Crippen molar-refractivity contribution in [3.05, 3.63) is 71.6 Å². The summed E-state index contributed by atoms with van der Waals surface area (Å²) in [5, 5.41) is 21.4. The van der Waals surface area contributed by atoms with E-state index in [0.717, 1.165) is 11.0 Å². The molecule has 1 saturated heterocycles. The molecule has 0 bridgehead atoms. The number of carbonyl (C=O) groups is 13. The summed E-state index contributed by atoms with van der Waals surface area (Å²) in [6, 6.07) is 3.93. The second-order valence-corrected chi connectivity index (χ2v) is 27.4. The van der Waals surface area contributed by atoms with E-state index in [2.05, 4.69) is 42.5 Å². The summed E-state index contributed by atoms with van der Waals surface area (Å²) < 4.78 is 42.8. The molecular formula is C72H110FN13O18. The number of unbranched alkanes of at least 4 members (excludes halogenated alkanes) is 2. The van der Waals surface area contributed by atoms with Gasteiger partial charge in [0.05, 0.1) is 62.9 Å². The van der Waals surface area contributed by atoms with Crippen LogP contribution in [0.3, 0.4) is 0 Å². The number of likely N-dealkylation sites (tertiary alicyclic amines) is 1. The molecule has 11 atom stereocenters. The number of hydrogen-bond acceptors (Lipinski definition) is 19. The molecule has 2 aromatic rings. The summed E-state index contributed by atoms with van der Waals surface area (Å²) in [6.45, 7) is 15.5. The molecule has 10 N–H and O–H groups in total. The fourth-order valence-electron chi connectivity index (χ4n) is 12.6. The number of likely N-dealkylation sites (N-methyl/N-ethyl adjacent to an activating group) is 2. The van der Waals surface area contributed by atoms with Gasteiger partial charge < -0.3 is 81.8 Å². The van der Waals surface area contributed by atoms with Crippen molar-refractivity contribution in [2.75, 3.05) is 87.1 Å². The first kappa shape index (κ1) is 87.1. The summed E-state index contributed by atoms with van der Waals surface area (Å²) in [7, 11) is 9.26. The number of hydrogen-bond donors (Lipinski definition) is 9. The number of methoxy groups -OCH3 is 3. The minimum Gasteiger partial charge on any atom is -0.494 e. The summed E-state index contributed by atoms with van der Waals surface area (Å²) in [5.74, 6) is -7.72. The van der Waals surface area contributed by atoms with Gasteiger partial charge in [0, 0.05) is 83.7 Å². The number of ketones is 1. The van der Waals surface area contributed by atoms with E-state index in [-0.39, 0.29) is 130 Å². The fraction of sp³-hybridized carbons (Fsp3) is 0.625. The van der Waals surface area contributed by atoms with Crippen molar-refractivity contribution in [3.8, 4) is 5.75 Å². The lowest BCUT2D eigenvalue weighted by molar-refractivity contribution is -0.148. The molecule has 2 aliphatic rings. The Labute approximate surface area is 608 Å². The highest BCUT2D eigenvalue weighted by Gasteiger charge is 2.47. The minimum absolute atomic E-state index is 0.0148. The van der Waals surface area contributed by atoms with Crippen LogP contribution in [-0.4, -0.2) is 233 Å². The second-order valence-electron chi connectivity index (χ2n) is 27.4. The SMILES string of the molecule is CC[C@H](C)C([C@@H](CC(=O)N1C[C@@H](OC(=O)NCCNC(=O)OCc2ccc(NC(=O)C(CCCNC(N)=O)NC(=O)[C@@H](NC(=O)CCCCCN3C(=O)C=CC3=O)C(C)C)cc2)C[C@H]1[C@H](OC)[C@@H](C)C(=O)NCC(=O)c1ccc(OC)c(F)c1)OC)N(C)C(=O)C(NC(=O)[C@H](C(C)C)N(C)C)C(C)C. The minimum atomic E-state index is -1.12. The van der Waals surface area contributed by atoms with Crippen molar-refractivity contribution < 1.29 is 90.4 Å². The Hall–Kier alpha value is -9.30. The Morgan fingerprint density at radius 1 is 0.692 bits per heavy atom. The summed E-state index contributed by atoms with van der Waals surface area (Å²) in [5.41, 5.74) is 6.05. The van der Waals surface area contributed by atoms with E-state index in [1.54, 1.807) is 71.1 Å².